The molecule has 0 fully saturated rings. The maximum absolute atomic E-state index is 14.5. The molecule has 0 atom stereocenters. The highest BCUT2D eigenvalue weighted by Crippen LogP contribution is 2.29. The van der Waals surface area contributed by atoms with Gasteiger partial charge in [0.2, 0.25) is 0 Å². The van der Waals surface area contributed by atoms with Gasteiger partial charge < -0.3 is 10.1 Å². The molecule has 1 N–H and O–H groups in total. The zero-order valence-electron chi connectivity index (χ0n) is 14.8. The summed E-state index contributed by atoms with van der Waals surface area (Å²) in [5.74, 6) is -0.812. The van der Waals surface area contributed by atoms with Gasteiger partial charge in [-0.15, -0.1) is 11.3 Å². The molecule has 3 rings (SSSR count). The summed E-state index contributed by atoms with van der Waals surface area (Å²) in [5, 5.41) is 4.76. The van der Waals surface area contributed by atoms with E-state index >= 15 is 0 Å². The van der Waals surface area contributed by atoms with Gasteiger partial charge in [0.15, 0.2) is 0 Å². The number of hydrogen-bond donors (Lipinski definition) is 1. The first-order chi connectivity index (χ1) is 12.9. The molecule has 1 heterocycles. The lowest BCUT2D eigenvalue weighted by Gasteiger charge is -2.08. The van der Waals surface area contributed by atoms with E-state index in [1.165, 1.54) is 29.5 Å². The fraction of sp³-hybridized carbons (Fsp3) is 0.200. The summed E-state index contributed by atoms with van der Waals surface area (Å²) in [4.78, 5) is 16.2. The number of ether oxygens (including phenoxy) is 1. The standard InChI is InChI=1S/C20H18F2N2O2S/c1-12(2)23-19(25)18-11-27-20(24-18)16-7-6-15(9-17(16)22)26-10-13-4-3-5-14(21)8-13/h3-9,11-12H,10H2,1-2H3,(H,23,25). The number of benzene rings is 2. The zero-order valence-corrected chi connectivity index (χ0v) is 15.6. The molecule has 0 bridgehead atoms. The van der Waals surface area contributed by atoms with E-state index < -0.39 is 5.82 Å². The molecule has 4 nitrogen and oxygen atoms in total. The van der Waals surface area contributed by atoms with Crippen LogP contribution in [-0.4, -0.2) is 16.9 Å². The van der Waals surface area contributed by atoms with E-state index in [0.29, 0.717) is 21.9 Å². The third-order valence-electron chi connectivity index (χ3n) is 3.62. The molecule has 2 aromatic carbocycles. The molecule has 3 aromatic rings. The number of amides is 1. The fourth-order valence-electron chi connectivity index (χ4n) is 2.39. The van der Waals surface area contributed by atoms with Gasteiger partial charge in [0.25, 0.3) is 5.91 Å². The van der Waals surface area contributed by atoms with Gasteiger partial charge in [-0.2, -0.15) is 0 Å². The molecule has 1 amide bonds. The van der Waals surface area contributed by atoms with Crippen molar-refractivity contribution < 1.29 is 18.3 Å². The minimum Gasteiger partial charge on any atom is -0.489 e. The Balaban J connectivity index is 1.71. The second-order valence-corrected chi connectivity index (χ2v) is 7.08. The Bertz CT molecular complexity index is 957. The Morgan fingerprint density at radius 2 is 2.04 bits per heavy atom. The van der Waals surface area contributed by atoms with E-state index in [0.717, 1.165) is 0 Å². The van der Waals surface area contributed by atoms with Gasteiger partial charge >= 0.3 is 0 Å². The highest BCUT2D eigenvalue weighted by atomic mass is 32.1. The summed E-state index contributed by atoms with van der Waals surface area (Å²) in [6.45, 7) is 3.84. The average Bonchev–Trinajstić information content (AvgIpc) is 3.09. The molecule has 0 aliphatic carbocycles. The molecule has 27 heavy (non-hydrogen) atoms. The topological polar surface area (TPSA) is 51.2 Å². The van der Waals surface area contributed by atoms with E-state index in [1.54, 1.807) is 29.6 Å². The molecular formula is C20H18F2N2O2S. The number of aromatic nitrogens is 1. The van der Waals surface area contributed by atoms with Gasteiger partial charge in [0.1, 0.15) is 34.7 Å². The van der Waals surface area contributed by atoms with Gasteiger partial charge in [0, 0.05) is 23.1 Å². The minimum absolute atomic E-state index is 0.00564. The summed E-state index contributed by atoms with van der Waals surface area (Å²) >= 11 is 1.20. The lowest BCUT2D eigenvalue weighted by Crippen LogP contribution is -2.30. The van der Waals surface area contributed by atoms with Crippen LogP contribution in [0.25, 0.3) is 10.6 Å². The van der Waals surface area contributed by atoms with E-state index in [-0.39, 0.29) is 30.1 Å². The van der Waals surface area contributed by atoms with Crippen LogP contribution in [-0.2, 0) is 6.61 Å². The molecular weight excluding hydrogens is 370 g/mol. The van der Waals surface area contributed by atoms with E-state index in [9.17, 15) is 13.6 Å². The Labute approximate surface area is 159 Å². The largest absolute Gasteiger partial charge is 0.489 e. The highest BCUT2D eigenvalue weighted by molar-refractivity contribution is 7.13. The Morgan fingerprint density at radius 1 is 1.22 bits per heavy atom. The molecule has 0 aliphatic rings. The van der Waals surface area contributed by atoms with Crippen molar-refractivity contribution in [2.24, 2.45) is 0 Å². The average molecular weight is 388 g/mol. The summed E-state index contributed by atoms with van der Waals surface area (Å²) < 4.78 is 33.2. The first kappa shape index (κ1) is 19.0. The van der Waals surface area contributed by atoms with Gasteiger partial charge in [-0.25, -0.2) is 13.8 Å². The predicted octanol–water partition coefficient (Wildman–Crippen LogP) is 4.81. The Kier molecular flexibility index (Phi) is 5.81. The first-order valence-corrected chi connectivity index (χ1v) is 9.24. The molecule has 0 aliphatic heterocycles. The Morgan fingerprint density at radius 3 is 2.74 bits per heavy atom. The molecule has 0 saturated heterocycles. The third kappa shape index (κ3) is 4.89. The second-order valence-electron chi connectivity index (χ2n) is 6.23. The van der Waals surface area contributed by atoms with Crippen molar-refractivity contribution in [1.29, 1.82) is 0 Å². The number of carbonyl (C=O) groups is 1. The zero-order chi connectivity index (χ0) is 19.4. The summed E-state index contributed by atoms with van der Waals surface area (Å²) in [6, 6.07) is 10.5. The molecule has 0 saturated carbocycles. The SMILES string of the molecule is CC(C)NC(=O)c1csc(-c2ccc(OCc3cccc(F)c3)cc2F)n1. The van der Waals surface area contributed by atoms with Crippen molar-refractivity contribution in [2.45, 2.75) is 26.5 Å². The van der Waals surface area contributed by atoms with Crippen molar-refractivity contribution in [3.8, 4) is 16.3 Å². The summed E-state index contributed by atoms with van der Waals surface area (Å²) in [5.41, 5.74) is 1.21. The Hall–Kier alpha value is -2.80. The minimum atomic E-state index is -0.503. The number of rotatable bonds is 6. The van der Waals surface area contributed by atoms with Crippen LogP contribution in [0.4, 0.5) is 8.78 Å². The number of halogens is 2. The number of hydrogen-bond acceptors (Lipinski definition) is 4. The van der Waals surface area contributed by atoms with Crippen molar-refractivity contribution >= 4 is 17.2 Å². The van der Waals surface area contributed by atoms with Gasteiger partial charge in [-0.1, -0.05) is 12.1 Å². The van der Waals surface area contributed by atoms with Crippen molar-refractivity contribution in [2.75, 3.05) is 0 Å². The van der Waals surface area contributed by atoms with E-state index in [1.807, 2.05) is 13.8 Å². The predicted molar refractivity (Wildman–Crippen MR) is 101 cm³/mol. The van der Waals surface area contributed by atoms with E-state index in [2.05, 4.69) is 10.3 Å². The molecule has 0 unspecified atom stereocenters. The maximum Gasteiger partial charge on any atom is 0.270 e. The first-order valence-electron chi connectivity index (χ1n) is 8.36. The van der Waals surface area contributed by atoms with Crippen LogP contribution >= 0.6 is 11.3 Å². The highest BCUT2D eigenvalue weighted by Gasteiger charge is 2.15. The molecule has 0 spiro atoms. The fourth-order valence-corrected chi connectivity index (χ4v) is 3.22. The lowest BCUT2D eigenvalue weighted by molar-refractivity contribution is 0.0939. The third-order valence-corrected chi connectivity index (χ3v) is 4.50. The maximum atomic E-state index is 14.5. The van der Waals surface area contributed by atoms with Crippen LogP contribution in [0.5, 0.6) is 5.75 Å². The van der Waals surface area contributed by atoms with Crippen LogP contribution in [0.15, 0.2) is 47.8 Å². The second kappa shape index (κ2) is 8.26. The number of nitrogens with zero attached hydrogens (tertiary/aromatic N) is 1. The number of carbonyl (C=O) groups excluding carboxylic acids is 1. The van der Waals surface area contributed by atoms with Gasteiger partial charge in [0.05, 0.1) is 0 Å². The molecule has 0 radical (unpaired) electrons. The molecule has 7 heteroatoms. The monoisotopic (exact) mass is 388 g/mol. The quantitative estimate of drug-likeness (QED) is 0.660. The van der Waals surface area contributed by atoms with Gasteiger partial charge in [-0.3, -0.25) is 4.79 Å². The van der Waals surface area contributed by atoms with Gasteiger partial charge in [-0.05, 0) is 43.7 Å². The van der Waals surface area contributed by atoms with Crippen LogP contribution in [0, 0.1) is 11.6 Å². The van der Waals surface area contributed by atoms with E-state index in [4.69, 9.17) is 4.74 Å². The van der Waals surface area contributed by atoms with Crippen LogP contribution in [0.3, 0.4) is 0 Å². The number of thiazole rings is 1. The normalized spacial score (nSPS) is 10.9. The molecule has 140 valence electrons. The molecule has 1 aromatic heterocycles. The summed E-state index contributed by atoms with van der Waals surface area (Å²) in [7, 11) is 0. The lowest BCUT2D eigenvalue weighted by atomic mass is 10.2. The number of nitrogens with one attached hydrogen (secondary N) is 1. The van der Waals surface area contributed by atoms with Crippen molar-refractivity contribution in [3.05, 3.63) is 70.7 Å². The van der Waals surface area contributed by atoms with Crippen LogP contribution in [0.2, 0.25) is 0 Å². The van der Waals surface area contributed by atoms with Crippen molar-refractivity contribution in [1.82, 2.24) is 10.3 Å². The van der Waals surface area contributed by atoms with Crippen LogP contribution in [0.1, 0.15) is 29.9 Å². The van der Waals surface area contributed by atoms with Crippen molar-refractivity contribution in [3.63, 3.8) is 0 Å². The smallest absolute Gasteiger partial charge is 0.270 e. The summed E-state index contributed by atoms with van der Waals surface area (Å²) in [6.07, 6.45) is 0. The van der Waals surface area contributed by atoms with Crippen LogP contribution < -0.4 is 10.1 Å².